The quantitative estimate of drug-likeness (QED) is 0.615. The van der Waals surface area contributed by atoms with Gasteiger partial charge in [0.25, 0.3) is 22.0 Å². The second-order valence-corrected chi connectivity index (χ2v) is 9.72. The van der Waals surface area contributed by atoms with E-state index >= 15 is 0 Å². The van der Waals surface area contributed by atoms with Crippen molar-refractivity contribution in [1.29, 1.82) is 0 Å². The molecule has 0 spiro atoms. The van der Waals surface area contributed by atoms with E-state index in [0.29, 0.717) is 35.8 Å². The Morgan fingerprint density at radius 2 is 1.67 bits per heavy atom. The molecule has 2 amide bonds. The Kier molecular flexibility index (Phi) is 7.90. The van der Waals surface area contributed by atoms with Crippen molar-refractivity contribution in [2.24, 2.45) is 0 Å². The minimum atomic E-state index is -3.48. The lowest BCUT2D eigenvalue weighted by Crippen LogP contribution is -2.53. The molecule has 0 unspecified atom stereocenters. The van der Waals surface area contributed by atoms with Gasteiger partial charge >= 0.3 is 0 Å². The third-order valence-corrected chi connectivity index (χ3v) is 7.08. The largest absolute Gasteiger partial charge is 0.497 e. The SMILES string of the molecule is COc1cccc(NC(=O)COc2ccc(C(=O)N3CCN(S(=O)(=O)N(C)C)CC3)cc2)c1. The number of rotatable bonds is 8. The maximum absolute atomic E-state index is 12.8. The summed E-state index contributed by atoms with van der Waals surface area (Å²) in [7, 11) is 1.04. The first-order valence-corrected chi connectivity index (χ1v) is 11.7. The standard InChI is InChI=1S/C22H28N4O6S/c1-24(2)33(29,30)26-13-11-25(12-14-26)22(28)17-7-9-19(10-8-17)32-16-21(27)23-18-5-4-6-20(15-18)31-3/h4-10,15H,11-14,16H2,1-3H3,(H,23,27). The molecule has 1 aliphatic heterocycles. The van der Waals surface area contributed by atoms with Gasteiger partial charge in [0.2, 0.25) is 0 Å². The highest BCUT2D eigenvalue weighted by Gasteiger charge is 2.30. The summed E-state index contributed by atoms with van der Waals surface area (Å²) in [5.41, 5.74) is 1.06. The van der Waals surface area contributed by atoms with E-state index in [0.717, 1.165) is 0 Å². The lowest BCUT2D eigenvalue weighted by atomic mass is 10.2. The number of anilines is 1. The number of hydrogen-bond donors (Lipinski definition) is 1. The number of carbonyl (C=O) groups excluding carboxylic acids is 2. The van der Waals surface area contributed by atoms with Crippen LogP contribution >= 0.6 is 0 Å². The third kappa shape index (κ3) is 6.21. The van der Waals surface area contributed by atoms with Crippen molar-refractivity contribution in [1.82, 2.24) is 13.5 Å². The zero-order valence-corrected chi connectivity index (χ0v) is 19.7. The minimum Gasteiger partial charge on any atom is -0.497 e. The molecule has 0 saturated carbocycles. The highest BCUT2D eigenvalue weighted by molar-refractivity contribution is 7.86. The first-order chi connectivity index (χ1) is 15.7. The Bertz CT molecular complexity index is 1080. The second-order valence-electron chi connectivity index (χ2n) is 7.57. The molecular formula is C22H28N4O6S. The van der Waals surface area contributed by atoms with Gasteiger partial charge in [-0.1, -0.05) is 6.07 Å². The lowest BCUT2D eigenvalue weighted by Gasteiger charge is -2.35. The molecule has 0 radical (unpaired) electrons. The van der Waals surface area contributed by atoms with Gasteiger partial charge in [-0.2, -0.15) is 17.0 Å². The zero-order valence-electron chi connectivity index (χ0n) is 18.9. The summed E-state index contributed by atoms with van der Waals surface area (Å²) < 4.78 is 37.6. The number of amides is 2. The third-order valence-electron chi connectivity index (χ3n) is 5.14. The highest BCUT2D eigenvalue weighted by Crippen LogP contribution is 2.18. The van der Waals surface area contributed by atoms with E-state index in [-0.39, 0.29) is 31.5 Å². The molecule has 0 bridgehead atoms. The summed E-state index contributed by atoms with van der Waals surface area (Å²) in [5, 5.41) is 2.73. The molecule has 0 aliphatic carbocycles. The molecule has 178 valence electrons. The molecule has 33 heavy (non-hydrogen) atoms. The Hall–Kier alpha value is -3.15. The molecule has 0 atom stereocenters. The molecule has 1 heterocycles. The maximum Gasteiger partial charge on any atom is 0.281 e. The number of carbonyl (C=O) groups is 2. The number of piperazine rings is 1. The monoisotopic (exact) mass is 476 g/mol. The summed E-state index contributed by atoms with van der Waals surface area (Å²) in [6.45, 7) is 0.932. The average molecular weight is 477 g/mol. The average Bonchev–Trinajstić information content (AvgIpc) is 2.82. The van der Waals surface area contributed by atoms with Gasteiger partial charge in [-0.25, -0.2) is 0 Å². The first kappa shape index (κ1) is 24.5. The number of nitrogens with zero attached hydrogens (tertiary/aromatic N) is 3. The van der Waals surface area contributed by atoms with E-state index in [1.165, 1.54) is 22.7 Å². The van der Waals surface area contributed by atoms with E-state index in [9.17, 15) is 18.0 Å². The maximum atomic E-state index is 12.8. The van der Waals surface area contributed by atoms with Crippen LogP contribution in [-0.4, -0.2) is 87.7 Å². The summed E-state index contributed by atoms with van der Waals surface area (Å²) in [4.78, 5) is 26.5. The van der Waals surface area contributed by atoms with E-state index < -0.39 is 10.2 Å². The van der Waals surface area contributed by atoms with E-state index in [1.54, 1.807) is 60.5 Å². The number of hydrogen-bond acceptors (Lipinski definition) is 6. The van der Waals surface area contributed by atoms with Crippen molar-refractivity contribution >= 4 is 27.7 Å². The molecule has 3 rings (SSSR count). The topological polar surface area (TPSA) is 108 Å². The van der Waals surface area contributed by atoms with Gasteiger partial charge in [0.15, 0.2) is 6.61 Å². The number of nitrogens with one attached hydrogen (secondary N) is 1. The van der Waals surface area contributed by atoms with E-state index in [2.05, 4.69) is 5.32 Å². The van der Waals surface area contributed by atoms with Crippen LogP contribution in [0, 0.1) is 0 Å². The van der Waals surface area contributed by atoms with Crippen LogP contribution < -0.4 is 14.8 Å². The Morgan fingerprint density at radius 1 is 1.00 bits per heavy atom. The molecule has 11 heteroatoms. The van der Waals surface area contributed by atoms with Crippen molar-refractivity contribution in [2.45, 2.75) is 0 Å². The van der Waals surface area contributed by atoms with Gasteiger partial charge in [-0.15, -0.1) is 0 Å². The van der Waals surface area contributed by atoms with Crippen LogP contribution in [0.2, 0.25) is 0 Å². The number of benzene rings is 2. The smallest absolute Gasteiger partial charge is 0.281 e. The fraction of sp³-hybridized carbons (Fsp3) is 0.364. The molecule has 2 aromatic carbocycles. The van der Waals surface area contributed by atoms with Crippen molar-refractivity contribution in [3.63, 3.8) is 0 Å². The van der Waals surface area contributed by atoms with Gasteiger partial charge in [0.1, 0.15) is 11.5 Å². The van der Waals surface area contributed by atoms with E-state index in [1.807, 2.05) is 0 Å². The van der Waals surface area contributed by atoms with Crippen LogP contribution in [0.5, 0.6) is 11.5 Å². The van der Waals surface area contributed by atoms with Crippen LogP contribution in [0.1, 0.15) is 10.4 Å². The van der Waals surface area contributed by atoms with Crippen LogP contribution in [0.3, 0.4) is 0 Å². The fourth-order valence-electron chi connectivity index (χ4n) is 3.28. The highest BCUT2D eigenvalue weighted by atomic mass is 32.2. The number of methoxy groups -OCH3 is 1. The molecule has 2 aromatic rings. The normalized spacial score (nSPS) is 14.7. The first-order valence-electron chi connectivity index (χ1n) is 10.3. The van der Waals surface area contributed by atoms with Crippen molar-refractivity contribution < 1.29 is 27.5 Å². The molecule has 1 saturated heterocycles. The zero-order chi connectivity index (χ0) is 24.0. The van der Waals surface area contributed by atoms with Crippen molar-refractivity contribution in [3.8, 4) is 11.5 Å². The van der Waals surface area contributed by atoms with Crippen LogP contribution in [0.4, 0.5) is 5.69 Å². The molecule has 1 N–H and O–H groups in total. The van der Waals surface area contributed by atoms with Gasteiger partial charge < -0.3 is 19.7 Å². The summed E-state index contributed by atoms with van der Waals surface area (Å²) in [6.07, 6.45) is 0. The minimum absolute atomic E-state index is 0.181. The summed E-state index contributed by atoms with van der Waals surface area (Å²) in [6, 6.07) is 13.5. The van der Waals surface area contributed by atoms with Gasteiger partial charge in [-0.3, -0.25) is 9.59 Å². The van der Waals surface area contributed by atoms with Gasteiger partial charge in [0.05, 0.1) is 7.11 Å². The molecule has 1 fully saturated rings. The van der Waals surface area contributed by atoms with Crippen molar-refractivity contribution in [3.05, 3.63) is 54.1 Å². The molecular weight excluding hydrogens is 448 g/mol. The molecule has 10 nitrogen and oxygen atoms in total. The summed E-state index contributed by atoms with van der Waals surface area (Å²) in [5.74, 6) is 0.581. The number of ether oxygens (including phenoxy) is 2. The van der Waals surface area contributed by atoms with Gasteiger partial charge in [-0.05, 0) is 36.4 Å². The Morgan fingerprint density at radius 3 is 2.27 bits per heavy atom. The predicted molar refractivity (Wildman–Crippen MR) is 124 cm³/mol. The Labute approximate surface area is 193 Å². The predicted octanol–water partition coefficient (Wildman–Crippen LogP) is 1.28. The van der Waals surface area contributed by atoms with Crippen LogP contribution in [0.25, 0.3) is 0 Å². The Balaban J connectivity index is 1.49. The molecule has 1 aliphatic rings. The summed E-state index contributed by atoms with van der Waals surface area (Å²) >= 11 is 0. The van der Waals surface area contributed by atoms with Crippen molar-refractivity contribution in [2.75, 3.05) is 59.3 Å². The van der Waals surface area contributed by atoms with Crippen LogP contribution in [-0.2, 0) is 15.0 Å². The lowest BCUT2D eigenvalue weighted by molar-refractivity contribution is -0.118. The van der Waals surface area contributed by atoms with Gasteiger partial charge in [0, 0.05) is 57.6 Å². The second kappa shape index (κ2) is 10.6. The fourth-order valence-corrected chi connectivity index (χ4v) is 4.36. The van der Waals surface area contributed by atoms with Crippen LogP contribution in [0.15, 0.2) is 48.5 Å². The van der Waals surface area contributed by atoms with E-state index in [4.69, 9.17) is 9.47 Å². The molecule has 0 aromatic heterocycles.